The number of benzene rings is 3. The molecule has 0 aliphatic heterocycles. The number of nitrogens with zero attached hydrogens (tertiary/aromatic N) is 1. The lowest BCUT2D eigenvalue weighted by atomic mass is 9.88. The minimum atomic E-state index is -1.34. The maximum atomic E-state index is 13.9. The maximum Gasteiger partial charge on any atom is 0.338 e. The molecule has 3 amide bonds. The summed E-state index contributed by atoms with van der Waals surface area (Å²) in [5, 5.41) is 14.3. The molecule has 190 valence electrons. The average Bonchev–Trinajstić information content (AvgIpc) is 2.82. The van der Waals surface area contributed by atoms with Crippen LogP contribution in [0.3, 0.4) is 0 Å². The molecule has 0 bridgehead atoms. The zero-order chi connectivity index (χ0) is 27.3. The Morgan fingerprint density at radius 2 is 1.68 bits per heavy atom. The minimum Gasteiger partial charge on any atom is -0.462 e. The molecule has 0 aliphatic carbocycles. The molecule has 12 heteroatoms. The molecule has 0 spiro atoms. The fraction of sp³-hybridized carbons (Fsp3) is 0.120. The molecular weight excluding hydrogens is 551 g/mol. The van der Waals surface area contributed by atoms with Gasteiger partial charge < -0.3 is 10.1 Å². The number of hydrogen-bond donors (Lipinski definition) is 2. The second kappa shape index (κ2) is 12.0. The van der Waals surface area contributed by atoms with Gasteiger partial charge in [-0.05, 0) is 54.4 Å². The van der Waals surface area contributed by atoms with Crippen molar-refractivity contribution in [1.29, 1.82) is 5.26 Å². The third-order valence-electron chi connectivity index (χ3n) is 5.01. The first kappa shape index (κ1) is 27.9. The van der Waals surface area contributed by atoms with E-state index in [-0.39, 0.29) is 33.5 Å². The Hall–Kier alpha value is -3.71. The summed E-state index contributed by atoms with van der Waals surface area (Å²) in [5.74, 6) is -5.57. The first-order chi connectivity index (χ1) is 17.6. The van der Waals surface area contributed by atoms with Crippen molar-refractivity contribution < 1.29 is 27.9 Å². The fourth-order valence-corrected chi connectivity index (χ4v) is 4.12. The molecule has 0 aromatic heterocycles. The number of carbonyl (C=O) groups excluding carboxylic acids is 3. The zero-order valence-corrected chi connectivity index (χ0v) is 21.1. The van der Waals surface area contributed by atoms with E-state index >= 15 is 0 Å². The second-order valence-corrected chi connectivity index (χ2v) is 8.62. The fourth-order valence-electron chi connectivity index (χ4n) is 3.39. The van der Waals surface area contributed by atoms with Crippen molar-refractivity contribution in [2.45, 2.75) is 12.8 Å². The minimum absolute atomic E-state index is 0.00573. The van der Waals surface area contributed by atoms with Gasteiger partial charge in [0.1, 0.15) is 17.2 Å². The Kier molecular flexibility index (Phi) is 9.05. The highest BCUT2D eigenvalue weighted by atomic mass is 35.5. The van der Waals surface area contributed by atoms with Gasteiger partial charge in [-0.2, -0.15) is 5.26 Å². The van der Waals surface area contributed by atoms with Crippen LogP contribution in [0.15, 0.2) is 48.5 Å². The molecule has 2 N–H and O–H groups in total. The third kappa shape index (κ3) is 6.35. The largest absolute Gasteiger partial charge is 0.462 e. The predicted molar refractivity (Wildman–Crippen MR) is 134 cm³/mol. The lowest BCUT2D eigenvalue weighted by Gasteiger charge is -2.18. The Morgan fingerprint density at radius 3 is 2.27 bits per heavy atom. The van der Waals surface area contributed by atoms with Crippen LogP contribution in [0, 0.1) is 23.0 Å². The number of imide groups is 1. The van der Waals surface area contributed by atoms with Gasteiger partial charge in [0.25, 0.3) is 5.91 Å². The van der Waals surface area contributed by atoms with Crippen LogP contribution in [-0.4, -0.2) is 24.5 Å². The van der Waals surface area contributed by atoms with Crippen molar-refractivity contribution in [2.75, 3.05) is 11.9 Å². The normalized spacial score (nSPS) is 11.3. The van der Waals surface area contributed by atoms with Crippen molar-refractivity contribution in [1.82, 2.24) is 5.32 Å². The topological polar surface area (TPSA) is 108 Å². The molecule has 1 unspecified atom stereocenters. The predicted octanol–water partition coefficient (Wildman–Crippen LogP) is 6.72. The number of carbonyl (C=O) groups is 3. The van der Waals surface area contributed by atoms with E-state index in [0.717, 1.165) is 24.3 Å². The van der Waals surface area contributed by atoms with E-state index in [0.29, 0.717) is 10.6 Å². The highest BCUT2D eigenvalue weighted by Gasteiger charge is 2.26. The number of nitrogens with one attached hydrogen (secondary N) is 2. The van der Waals surface area contributed by atoms with Crippen LogP contribution in [0.1, 0.15) is 44.7 Å². The summed E-state index contributed by atoms with van der Waals surface area (Å²) < 4.78 is 32.8. The van der Waals surface area contributed by atoms with E-state index < -0.39 is 41.0 Å². The molecule has 0 saturated carbocycles. The molecule has 3 aromatic rings. The summed E-state index contributed by atoms with van der Waals surface area (Å²) >= 11 is 18.5. The number of urea groups is 1. The van der Waals surface area contributed by atoms with Crippen molar-refractivity contribution in [3.05, 3.63) is 97.5 Å². The van der Waals surface area contributed by atoms with Gasteiger partial charge in [0, 0.05) is 10.0 Å². The number of halogens is 5. The molecule has 0 fully saturated rings. The summed E-state index contributed by atoms with van der Waals surface area (Å²) in [6.07, 6.45) is 0. The quantitative estimate of drug-likeness (QED) is 0.322. The highest BCUT2D eigenvalue weighted by molar-refractivity contribution is 6.35. The molecule has 37 heavy (non-hydrogen) atoms. The molecule has 1 atom stereocenters. The molecule has 0 aliphatic rings. The number of rotatable bonds is 6. The highest BCUT2D eigenvalue weighted by Crippen LogP contribution is 2.37. The van der Waals surface area contributed by atoms with Crippen molar-refractivity contribution in [3.8, 4) is 6.07 Å². The Morgan fingerprint density at radius 1 is 1.00 bits per heavy atom. The smallest absolute Gasteiger partial charge is 0.338 e. The van der Waals surface area contributed by atoms with Gasteiger partial charge in [-0.15, -0.1) is 0 Å². The SMILES string of the molecule is CCOC(=O)c1cc(NC(=O)NC(=O)c2c(F)cccc2F)c(Cl)cc1C(C#N)c1ccc(Cl)cc1Cl. The molecule has 0 heterocycles. The molecule has 7 nitrogen and oxygen atoms in total. The van der Waals surface area contributed by atoms with Gasteiger partial charge in [-0.25, -0.2) is 18.4 Å². The van der Waals surface area contributed by atoms with Crippen LogP contribution in [-0.2, 0) is 4.74 Å². The number of hydrogen-bond acceptors (Lipinski definition) is 5. The lowest BCUT2D eigenvalue weighted by molar-refractivity contribution is 0.0524. The van der Waals surface area contributed by atoms with Gasteiger partial charge in [-0.1, -0.05) is 46.9 Å². The first-order valence-electron chi connectivity index (χ1n) is 10.5. The van der Waals surface area contributed by atoms with E-state index in [2.05, 4.69) is 11.4 Å². The van der Waals surface area contributed by atoms with E-state index in [1.807, 2.05) is 0 Å². The molecule has 3 rings (SSSR count). The third-order valence-corrected chi connectivity index (χ3v) is 5.89. The number of amides is 3. The molecule has 3 aromatic carbocycles. The van der Waals surface area contributed by atoms with Gasteiger partial charge in [0.2, 0.25) is 0 Å². The van der Waals surface area contributed by atoms with E-state index in [4.69, 9.17) is 39.5 Å². The molecule has 0 saturated heterocycles. The lowest BCUT2D eigenvalue weighted by Crippen LogP contribution is -2.35. The summed E-state index contributed by atoms with van der Waals surface area (Å²) in [4.78, 5) is 37.4. The van der Waals surface area contributed by atoms with Crippen LogP contribution in [0.5, 0.6) is 0 Å². The van der Waals surface area contributed by atoms with Crippen LogP contribution in [0.25, 0.3) is 0 Å². The average molecular weight is 567 g/mol. The number of ether oxygens (including phenoxy) is 1. The van der Waals surface area contributed by atoms with Gasteiger partial charge in [-0.3, -0.25) is 10.1 Å². The second-order valence-electron chi connectivity index (χ2n) is 7.37. The van der Waals surface area contributed by atoms with E-state index in [9.17, 15) is 28.4 Å². The molecule has 0 radical (unpaired) electrons. The monoisotopic (exact) mass is 565 g/mol. The van der Waals surface area contributed by atoms with Crippen LogP contribution in [0.2, 0.25) is 15.1 Å². The Balaban J connectivity index is 1.98. The summed E-state index contributed by atoms with van der Waals surface area (Å²) in [5.41, 5.74) is -0.753. The van der Waals surface area contributed by atoms with Crippen molar-refractivity contribution in [3.63, 3.8) is 0 Å². The van der Waals surface area contributed by atoms with Gasteiger partial charge in [0.05, 0.1) is 34.9 Å². The van der Waals surface area contributed by atoms with Gasteiger partial charge >= 0.3 is 12.0 Å². The number of esters is 1. The summed E-state index contributed by atoms with van der Waals surface area (Å²) in [7, 11) is 0. The van der Waals surface area contributed by atoms with E-state index in [1.165, 1.54) is 24.3 Å². The number of nitriles is 1. The van der Waals surface area contributed by atoms with Gasteiger partial charge in [0.15, 0.2) is 0 Å². The van der Waals surface area contributed by atoms with Crippen LogP contribution < -0.4 is 10.6 Å². The van der Waals surface area contributed by atoms with Crippen molar-refractivity contribution >= 4 is 58.4 Å². The van der Waals surface area contributed by atoms with Crippen LogP contribution in [0.4, 0.5) is 19.3 Å². The standard InChI is InChI=1S/C25H16Cl3F2N3O4/c1-2-37-24(35)15-10-21(32-25(36)33-23(34)22-19(29)4-3-5-20(22)30)18(28)9-14(15)16(11-31)13-7-6-12(26)8-17(13)27/h3-10,16H,2H2,1H3,(H2,32,33,34,36). The van der Waals surface area contributed by atoms with Crippen LogP contribution >= 0.6 is 34.8 Å². The Labute approximate surface area is 224 Å². The zero-order valence-electron chi connectivity index (χ0n) is 18.9. The Bertz CT molecular complexity index is 1420. The summed E-state index contributed by atoms with van der Waals surface area (Å²) in [6.45, 7) is 1.58. The maximum absolute atomic E-state index is 13.9. The number of anilines is 1. The molecular formula is C25H16Cl3F2N3O4. The van der Waals surface area contributed by atoms with E-state index in [1.54, 1.807) is 12.2 Å². The first-order valence-corrected chi connectivity index (χ1v) is 11.6. The van der Waals surface area contributed by atoms with Crippen molar-refractivity contribution in [2.24, 2.45) is 0 Å². The summed E-state index contributed by atoms with van der Waals surface area (Å²) in [6, 6.07) is 10.5.